The van der Waals surface area contributed by atoms with Gasteiger partial charge in [0.15, 0.2) is 0 Å². The third kappa shape index (κ3) is 3.32. The number of carbonyl (C=O) groups excluding carboxylic acids is 1. The summed E-state index contributed by atoms with van der Waals surface area (Å²) in [6.45, 7) is -0.208. The Labute approximate surface area is 155 Å². The number of hydrogen-bond donors (Lipinski definition) is 0. The Bertz CT molecular complexity index is 1100. The normalized spacial score (nSPS) is 10.7. The maximum atomic E-state index is 13.1. The molecule has 4 aromatic rings. The van der Waals surface area contributed by atoms with E-state index in [0.717, 1.165) is 16.1 Å². The number of fused-ring (bicyclic) bond motifs is 1. The van der Waals surface area contributed by atoms with Gasteiger partial charge in [0, 0.05) is 11.4 Å². The van der Waals surface area contributed by atoms with Crippen LogP contribution in [0, 0.1) is 0 Å². The summed E-state index contributed by atoms with van der Waals surface area (Å²) in [6.07, 6.45) is 0. The molecule has 1 aromatic heterocycles. The van der Waals surface area contributed by atoms with E-state index < -0.39 is 0 Å². The zero-order valence-corrected chi connectivity index (χ0v) is 14.4. The van der Waals surface area contributed by atoms with Gasteiger partial charge in [-0.2, -0.15) is 0 Å². The molecule has 3 aromatic carbocycles. The molecular formula is C21H16N4O2. The minimum absolute atomic E-state index is 0.208. The summed E-state index contributed by atoms with van der Waals surface area (Å²) < 4.78 is 1.10. The van der Waals surface area contributed by atoms with Gasteiger partial charge < -0.3 is 0 Å². The van der Waals surface area contributed by atoms with Crippen LogP contribution in [0.4, 0.5) is 11.4 Å². The van der Waals surface area contributed by atoms with Crippen molar-refractivity contribution in [3.8, 4) is 0 Å². The first-order valence-electron chi connectivity index (χ1n) is 8.49. The molecule has 1 amide bonds. The van der Waals surface area contributed by atoms with E-state index in [2.05, 4.69) is 10.3 Å². The molecule has 0 saturated carbocycles. The molecule has 0 atom stereocenters. The summed E-state index contributed by atoms with van der Waals surface area (Å²) in [7, 11) is 0. The first kappa shape index (κ1) is 16.7. The molecule has 1 heterocycles. The van der Waals surface area contributed by atoms with Crippen LogP contribution < -0.4 is 10.5 Å². The Balaban J connectivity index is 1.73. The molecule has 0 fully saturated rings. The van der Waals surface area contributed by atoms with Crippen LogP contribution in [-0.2, 0) is 11.3 Å². The van der Waals surface area contributed by atoms with Crippen molar-refractivity contribution >= 4 is 28.2 Å². The zero-order valence-electron chi connectivity index (χ0n) is 14.4. The van der Waals surface area contributed by atoms with Gasteiger partial charge in [0.2, 0.25) is 0 Å². The molecular weight excluding hydrogens is 340 g/mol. The highest BCUT2D eigenvalue weighted by Crippen LogP contribution is 2.25. The Morgan fingerprint density at radius 2 is 1.37 bits per heavy atom. The Morgan fingerprint density at radius 1 is 0.815 bits per heavy atom. The van der Waals surface area contributed by atoms with Crippen LogP contribution in [0.1, 0.15) is 0 Å². The van der Waals surface area contributed by atoms with Crippen LogP contribution in [0.3, 0.4) is 0 Å². The molecule has 6 nitrogen and oxygen atoms in total. The molecule has 4 rings (SSSR count). The maximum absolute atomic E-state index is 13.1. The monoisotopic (exact) mass is 356 g/mol. The summed E-state index contributed by atoms with van der Waals surface area (Å²) in [5.41, 5.74) is 1.61. The van der Waals surface area contributed by atoms with Crippen molar-refractivity contribution < 1.29 is 4.79 Å². The molecule has 0 aliphatic heterocycles. The fourth-order valence-electron chi connectivity index (χ4n) is 2.92. The number of carbonyl (C=O) groups is 1. The van der Waals surface area contributed by atoms with Crippen molar-refractivity contribution in [1.82, 2.24) is 15.0 Å². The van der Waals surface area contributed by atoms with E-state index in [9.17, 15) is 9.59 Å². The van der Waals surface area contributed by atoms with Gasteiger partial charge in [0.05, 0.1) is 5.39 Å². The summed E-state index contributed by atoms with van der Waals surface area (Å²) in [5.74, 6) is -0.279. The maximum Gasteiger partial charge on any atom is 0.278 e. The van der Waals surface area contributed by atoms with E-state index in [-0.39, 0.29) is 18.0 Å². The molecule has 0 aliphatic carbocycles. The first-order valence-corrected chi connectivity index (χ1v) is 8.49. The number of nitrogens with zero attached hydrogens (tertiary/aromatic N) is 4. The summed E-state index contributed by atoms with van der Waals surface area (Å²) in [4.78, 5) is 27.3. The number of anilines is 2. The van der Waals surface area contributed by atoms with Crippen molar-refractivity contribution in [3.05, 3.63) is 95.3 Å². The van der Waals surface area contributed by atoms with Gasteiger partial charge in [0.1, 0.15) is 12.1 Å². The molecule has 132 valence electrons. The molecule has 0 N–H and O–H groups in total. The van der Waals surface area contributed by atoms with Gasteiger partial charge in [-0.05, 0) is 36.4 Å². The third-order valence-electron chi connectivity index (χ3n) is 4.19. The fourth-order valence-corrected chi connectivity index (χ4v) is 2.92. The second-order valence-electron chi connectivity index (χ2n) is 5.97. The lowest BCUT2D eigenvalue weighted by molar-refractivity contribution is -0.118. The molecule has 6 heteroatoms. The molecule has 0 unspecified atom stereocenters. The quantitative estimate of drug-likeness (QED) is 0.563. The molecule has 0 bridgehead atoms. The highest BCUT2D eigenvalue weighted by atomic mass is 16.2. The van der Waals surface area contributed by atoms with E-state index in [0.29, 0.717) is 10.9 Å². The highest BCUT2D eigenvalue weighted by Gasteiger charge is 2.19. The lowest BCUT2D eigenvalue weighted by atomic mass is 10.2. The number of amides is 1. The predicted octanol–water partition coefficient (Wildman–Crippen LogP) is 3.16. The van der Waals surface area contributed by atoms with Crippen molar-refractivity contribution in [1.29, 1.82) is 0 Å². The molecule has 0 radical (unpaired) electrons. The van der Waals surface area contributed by atoms with E-state index in [1.165, 1.54) is 0 Å². The minimum Gasteiger partial charge on any atom is -0.279 e. The zero-order chi connectivity index (χ0) is 18.6. The molecule has 27 heavy (non-hydrogen) atoms. The van der Waals surface area contributed by atoms with E-state index >= 15 is 0 Å². The van der Waals surface area contributed by atoms with Gasteiger partial charge in [-0.25, -0.2) is 4.68 Å². The number of aromatic nitrogens is 3. The van der Waals surface area contributed by atoms with Gasteiger partial charge in [0.25, 0.3) is 11.5 Å². The molecule has 0 saturated heterocycles. The Morgan fingerprint density at radius 3 is 2.00 bits per heavy atom. The van der Waals surface area contributed by atoms with E-state index in [1.54, 1.807) is 29.2 Å². The van der Waals surface area contributed by atoms with Gasteiger partial charge in [-0.3, -0.25) is 14.5 Å². The van der Waals surface area contributed by atoms with Gasteiger partial charge in [-0.15, -0.1) is 5.10 Å². The van der Waals surface area contributed by atoms with Crippen LogP contribution in [0.5, 0.6) is 0 Å². The largest absolute Gasteiger partial charge is 0.279 e. The van der Waals surface area contributed by atoms with E-state index in [1.807, 2.05) is 60.7 Å². The molecule has 0 spiro atoms. The Kier molecular flexibility index (Phi) is 4.45. The minimum atomic E-state index is -0.338. The third-order valence-corrected chi connectivity index (χ3v) is 4.19. The number of para-hydroxylation sites is 2. The van der Waals surface area contributed by atoms with Gasteiger partial charge >= 0.3 is 0 Å². The fraction of sp³-hybridized carbons (Fsp3) is 0.0476. The lowest BCUT2D eigenvalue weighted by Crippen LogP contribution is -2.35. The van der Waals surface area contributed by atoms with Crippen molar-refractivity contribution in [3.63, 3.8) is 0 Å². The van der Waals surface area contributed by atoms with E-state index in [4.69, 9.17) is 0 Å². The van der Waals surface area contributed by atoms with Crippen LogP contribution in [-0.4, -0.2) is 20.9 Å². The van der Waals surface area contributed by atoms with Crippen molar-refractivity contribution in [2.75, 3.05) is 4.90 Å². The average Bonchev–Trinajstić information content (AvgIpc) is 2.72. The highest BCUT2D eigenvalue weighted by molar-refractivity contribution is 6.00. The van der Waals surface area contributed by atoms with Crippen LogP contribution in [0.25, 0.3) is 10.9 Å². The SMILES string of the molecule is O=C(Cn1nnc2ccccc2c1=O)N(c1ccccc1)c1ccccc1. The van der Waals surface area contributed by atoms with Crippen molar-refractivity contribution in [2.24, 2.45) is 0 Å². The average molecular weight is 356 g/mol. The van der Waals surface area contributed by atoms with Gasteiger partial charge in [-0.1, -0.05) is 53.7 Å². The first-order chi connectivity index (χ1) is 13.2. The number of hydrogen-bond acceptors (Lipinski definition) is 4. The van der Waals surface area contributed by atoms with Crippen LogP contribution in [0.15, 0.2) is 89.7 Å². The summed E-state index contributed by atoms with van der Waals surface area (Å²) in [5, 5.41) is 8.40. The number of rotatable bonds is 4. The topological polar surface area (TPSA) is 68.1 Å². The second kappa shape index (κ2) is 7.21. The number of benzene rings is 3. The summed E-state index contributed by atoms with van der Waals surface area (Å²) >= 11 is 0. The lowest BCUT2D eigenvalue weighted by Gasteiger charge is -2.23. The second-order valence-corrected chi connectivity index (χ2v) is 5.97. The van der Waals surface area contributed by atoms with Crippen LogP contribution in [0.2, 0.25) is 0 Å². The smallest absolute Gasteiger partial charge is 0.278 e. The Hall–Kier alpha value is -3.80. The molecule has 0 aliphatic rings. The van der Waals surface area contributed by atoms with Crippen LogP contribution >= 0.6 is 0 Å². The predicted molar refractivity (Wildman–Crippen MR) is 104 cm³/mol. The summed E-state index contributed by atoms with van der Waals surface area (Å²) in [6, 6.07) is 25.6. The standard InChI is InChI=1S/C21H16N4O2/c26-20(15-24-21(27)18-13-7-8-14-19(18)22-23-24)25(16-9-3-1-4-10-16)17-11-5-2-6-12-17/h1-14H,15H2. The van der Waals surface area contributed by atoms with Crippen molar-refractivity contribution in [2.45, 2.75) is 6.54 Å².